The van der Waals surface area contributed by atoms with Crippen molar-refractivity contribution in [2.24, 2.45) is 0 Å². The molecule has 0 bridgehead atoms. The van der Waals surface area contributed by atoms with Crippen molar-refractivity contribution in [1.82, 2.24) is 0 Å². The Morgan fingerprint density at radius 3 is 1.67 bits per heavy atom. The molecular formula is C17H19NO3. The number of rotatable bonds is 3. The number of non-ortho nitro benzene ring substituents is 1. The highest BCUT2D eigenvalue weighted by atomic mass is 16.6. The lowest BCUT2D eigenvalue weighted by Gasteiger charge is -2.18. The maximum absolute atomic E-state index is 10.7. The minimum Gasteiger partial charge on any atom is -0.457 e. The second kappa shape index (κ2) is 5.56. The molecule has 0 unspecified atom stereocenters. The summed E-state index contributed by atoms with van der Waals surface area (Å²) in [5.74, 6) is 1.44. The molecule has 0 fully saturated rings. The van der Waals surface area contributed by atoms with Crippen molar-refractivity contribution in [3.63, 3.8) is 0 Å². The Hall–Kier alpha value is -2.36. The summed E-state index contributed by atoms with van der Waals surface area (Å²) >= 11 is 0. The van der Waals surface area contributed by atoms with Gasteiger partial charge in [0.1, 0.15) is 11.5 Å². The highest BCUT2D eigenvalue weighted by molar-refractivity contribution is 5.55. The van der Waals surface area contributed by atoms with E-state index >= 15 is 0 Å². The average Bonchev–Trinajstić information content (AvgIpc) is 2.48. The van der Waals surface area contributed by atoms with Crippen molar-refractivity contribution >= 4 is 5.69 Å². The molecule has 0 atom stereocenters. The molecule has 2 rings (SSSR count). The Kier molecular flexibility index (Phi) is 3.98. The van der Waals surface area contributed by atoms with Crippen LogP contribution in [0.5, 0.6) is 11.5 Å². The number of hydrogen-bond donors (Lipinski definition) is 0. The minimum absolute atomic E-state index is 0.0621. The molecule has 0 aliphatic carbocycles. The van der Waals surface area contributed by atoms with Crippen LogP contribution < -0.4 is 4.74 Å². The molecule has 0 spiro atoms. The van der Waals surface area contributed by atoms with Crippen molar-refractivity contribution in [3.05, 3.63) is 62.2 Å². The molecule has 0 saturated carbocycles. The van der Waals surface area contributed by atoms with Gasteiger partial charge in [0.2, 0.25) is 0 Å². The molecule has 0 amide bonds. The maximum atomic E-state index is 10.7. The van der Waals surface area contributed by atoms with Crippen molar-refractivity contribution in [1.29, 1.82) is 0 Å². The van der Waals surface area contributed by atoms with Crippen LogP contribution in [0, 0.1) is 44.7 Å². The van der Waals surface area contributed by atoms with Gasteiger partial charge in [-0.2, -0.15) is 0 Å². The van der Waals surface area contributed by atoms with Crippen LogP contribution in [0.2, 0.25) is 0 Å². The lowest BCUT2D eigenvalue weighted by Crippen LogP contribution is -2.00. The lowest BCUT2D eigenvalue weighted by molar-refractivity contribution is -0.384. The molecule has 0 aromatic heterocycles. The molecule has 2 aromatic carbocycles. The highest BCUT2D eigenvalue weighted by Crippen LogP contribution is 2.35. The normalized spacial score (nSPS) is 10.5. The molecule has 2 aromatic rings. The Morgan fingerprint density at radius 2 is 1.24 bits per heavy atom. The number of nitro groups is 1. The third-order valence-electron chi connectivity index (χ3n) is 4.20. The van der Waals surface area contributed by atoms with E-state index in [9.17, 15) is 10.1 Å². The molecule has 0 aliphatic heterocycles. The molecule has 21 heavy (non-hydrogen) atoms. The molecule has 0 saturated heterocycles. The smallest absolute Gasteiger partial charge is 0.269 e. The molecule has 0 aliphatic rings. The van der Waals surface area contributed by atoms with E-state index < -0.39 is 4.92 Å². The van der Waals surface area contributed by atoms with Crippen molar-refractivity contribution < 1.29 is 9.66 Å². The number of hydrogen-bond acceptors (Lipinski definition) is 3. The third-order valence-corrected chi connectivity index (χ3v) is 4.20. The first-order valence-electron chi connectivity index (χ1n) is 6.82. The quantitative estimate of drug-likeness (QED) is 0.593. The Morgan fingerprint density at radius 1 is 0.810 bits per heavy atom. The SMILES string of the molecule is Cc1c(C)c(C)c(Oc2ccc([N+](=O)[O-])cc2)c(C)c1C. The Labute approximate surface area is 124 Å². The number of nitrogens with zero attached hydrogens (tertiary/aromatic N) is 1. The molecule has 0 radical (unpaired) electrons. The van der Waals surface area contributed by atoms with Gasteiger partial charge in [-0.3, -0.25) is 10.1 Å². The van der Waals surface area contributed by atoms with Gasteiger partial charge in [0.15, 0.2) is 0 Å². The van der Waals surface area contributed by atoms with Crippen molar-refractivity contribution in [3.8, 4) is 11.5 Å². The summed E-state index contributed by atoms with van der Waals surface area (Å²) in [6, 6.07) is 6.16. The predicted molar refractivity (Wildman–Crippen MR) is 83.3 cm³/mol. The summed E-state index contributed by atoms with van der Waals surface area (Å²) in [5.41, 5.74) is 5.99. The van der Waals surface area contributed by atoms with Crippen LogP contribution in [0.15, 0.2) is 24.3 Å². The van der Waals surface area contributed by atoms with Gasteiger partial charge in [0, 0.05) is 12.1 Å². The van der Waals surface area contributed by atoms with Crippen LogP contribution in [-0.2, 0) is 0 Å². The topological polar surface area (TPSA) is 52.4 Å². The zero-order chi connectivity index (χ0) is 15.7. The zero-order valence-corrected chi connectivity index (χ0v) is 13.0. The summed E-state index contributed by atoms with van der Waals surface area (Å²) in [6.45, 7) is 10.4. The zero-order valence-electron chi connectivity index (χ0n) is 13.0. The fraction of sp³-hybridized carbons (Fsp3) is 0.294. The van der Waals surface area contributed by atoms with E-state index in [2.05, 4.69) is 20.8 Å². The maximum Gasteiger partial charge on any atom is 0.269 e. The molecule has 0 N–H and O–H groups in total. The Bertz CT molecular complexity index is 674. The second-order valence-corrected chi connectivity index (χ2v) is 5.31. The van der Waals surface area contributed by atoms with E-state index in [-0.39, 0.29) is 5.69 Å². The summed E-state index contributed by atoms with van der Waals surface area (Å²) in [6.07, 6.45) is 0. The summed E-state index contributed by atoms with van der Waals surface area (Å²) in [5, 5.41) is 10.7. The minimum atomic E-state index is -0.416. The first-order chi connectivity index (χ1) is 9.82. The van der Waals surface area contributed by atoms with Crippen molar-refractivity contribution in [2.75, 3.05) is 0 Å². The highest BCUT2D eigenvalue weighted by Gasteiger charge is 2.14. The van der Waals surface area contributed by atoms with Gasteiger partial charge in [0.25, 0.3) is 5.69 Å². The van der Waals surface area contributed by atoms with Gasteiger partial charge in [-0.15, -0.1) is 0 Å². The van der Waals surface area contributed by atoms with Gasteiger partial charge in [-0.1, -0.05) is 0 Å². The summed E-state index contributed by atoms with van der Waals surface area (Å²) in [4.78, 5) is 10.3. The largest absolute Gasteiger partial charge is 0.457 e. The third kappa shape index (κ3) is 2.75. The molecule has 110 valence electrons. The van der Waals surface area contributed by atoms with Crippen molar-refractivity contribution in [2.45, 2.75) is 34.6 Å². The van der Waals surface area contributed by atoms with Gasteiger partial charge in [-0.05, 0) is 74.6 Å². The molecule has 0 heterocycles. The first kappa shape index (κ1) is 15.0. The van der Waals surface area contributed by atoms with E-state index in [4.69, 9.17) is 4.74 Å². The number of ether oxygens (including phenoxy) is 1. The van der Waals surface area contributed by atoms with Gasteiger partial charge in [0.05, 0.1) is 4.92 Å². The van der Waals surface area contributed by atoms with E-state index in [1.807, 2.05) is 13.8 Å². The van der Waals surface area contributed by atoms with E-state index in [0.717, 1.165) is 16.9 Å². The summed E-state index contributed by atoms with van der Waals surface area (Å²) < 4.78 is 5.97. The van der Waals surface area contributed by atoms with Crippen LogP contribution in [-0.4, -0.2) is 4.92 Å². The standard InChI is InChI=1S/C17H19NO3/c1-10-11(2)13(4)17(14(5)12(10)3)21-16-8-6-15(7-9-16)18(19)20/h6-9H,1-5H3. The van der Waals surface area contributed by atoms with E-state index in [1.54, 1.807) is 12.1 Å². The van der Waals surface area contributed by atoms with Crippen LogP contribution >= 0.6 is 0 Å². The monoisotopic (exact) mass is 285 g/mol. The Balaban J connectivity index is 2.42. The average molecular weight is 285 g/mol. The first-order valence-corrected chi connectivity index (χ1v) is 6.82. The number of nitro benzene ring substituents is 1. The number of benzene rings is 2. The summed E-state index contributed by atoms with van der Waals surface area (Å²) in [7, 11) is 0. The van der Waals surface area contributed by atoms with Gasteiger partial charge in [-0.25, -0.2) is 0 Å². The van der Waals surface area contributed by atoms with E-state index in [0.29, 0.717) is 5.75 Å². The van der Waals surface area contributed by atoms with E-state index in [1.165, 1.54) is 28.8 Å². The van der Waals surface area contributed by atoms with Crippen LogP contribution in [0.3, 0.4) is 0 Å². The molecule has 4 heteroatoms. The van der Waals surface area contributed by atoms with Crippen LogP contribution in [0.1, 0.15) is 27.8 Å². The lowest BCUT2D eigenvalue weighted by atomic mass is 9.94. The van der Waals surface area contributed by atoms with Crippen LogP contribution in [0.4, 0.5) is 5.69 Å². The molecule has 4 nitrogen and oxygen atoms in total. The van der Waals surface area contributed by atoms with Gasteiger partial charge >= 0.3 is 0 Å². The molecular weight excluding hydrogens is 266 g/mol. The fourth-order valence-corrected chi connectivity index (χ4v) is 2.37. The van der Waals surface area contributed by atoms with Gasteiger partial charge < -0.3 is 4.74 Å². The second-order valence-electron chi connectivity index (χ2n) is 5.31. The predicted octanol–water partition coefficient (Wildman–Crippen LogP) is 4.93. The fourth-order valence-electron chi connectivity index (χ4n) is 2.37. The van der Waals surface area contributed by atoms with Crippen LogP contribution in [0.25, 0.3) is 0 Å².